The Morgan fingerprint density at radius 3 is 2.60 bits per heavy atom. The van der Waals surface area contributed by atoms with Crippen LogP contribution in [0.5, 0.6) is 5.75 Å². The zero-order valence-corrected chi connectivity index (χ0v) is 18.9. The minimum atomic E-state index is -2.57. The van der Waals surface area contributed by atoms with E-state index < -0.39 is 52.0 Å². The highest BCUT2D eigenvalue weighted by atomic mass is 16.3. The zero-order valence-electron chi connectivity index (χ0n) is 18.9. The summed E-state index contributed by atoms with van der Waals surface area (Å²) in [5.41, 5.74) is 4.70. The number of aliphatic hydroxyl groups excluding tert-OH is 2. The van der Waals surface area contributed by atoms with Crippen LogP contribution in [0.3, 0.4) is 0 Å². The van der Waals surface area contributed by atoms with Crippen molar-refractivity contribution >= 4 is 23.2 Å². The Balaban J connectivity index is 1.70. The number of hydrogen-bond acceptors (Lipinski definition) is 8. The molecule has 9 nitrogen and oxygen atoms in total. The maximum atomic E-state index is 13.6. The molecule has 3 aliphatic rings. The Bertz CT molecular complexity index is 1390. The summed E-state index contributed by atoms with van der Waals surface area (Å²) < 4.78 is 0. The number of fused-ring (bicyclic) bond motifs is 3. The number of nitrogens with two attached hydrogens (primary N) is 1. The van der Waals surface area contributed by atoms with Crippen molar-refractivity contribution in [2.45, 2.75) is 38.2 Å². The highest BCUT2D eigenvalue weighted by molar-refractivity contribution is 6.22. The summed E-state index contributed by atoms with van der Waals surface area (Å²) in [4.78, 5) is 42.2. The molecule has 1 heterocycles. The van der Waals surface area contributed by atoms with Crippen LogP contribution >= 0.6 is 0 Å². The molecule has 1 saturated carbocycles. The summed E-state index contributed by atoms with van der Waals surface area (Å²) in [5, 5.41) is 43.8. The molecule has 3 unspecified atom stereocenters. The first-order valence-corrected chi connectivity index (χ1v) is 11.4. The summed E-state index contributed by atoms with van der Waals surface area (Å²) in [6.07, 6.45) is 2.44. The van der Waals surface area contributed by atoms with Crippen molar-refractivity contribution in [1.82, 2.24) is 4.98 Å². The average molecular weight is 476 g/mol. The number of phenolic OH excluding ortho intramolecular Hbond substituents is 1. The van der Waals surface area contributed by atoms with E-state index in [2.05, 4.69) is 4.98 Å². The fraction of sp³-hybridized carbons (Fsp3) is 0.308. The normalized spacial score (nSPS) is 25.8. The van der Waals surface area contributed by atoms with Crippen LogP contribution < -0.4 is 5.73 Å². The van der Waals surface area contributed by atoms with Crippen LogP contribution in [0.4, 0.5) is 0 Å². The van der Waals surface area contributed by atoms with Crippen LogP contribution in [-0.4, -0.2) is 48.5 Å². The van der Waals surface area contributed by atoms with Crippen LogP contribution in [0.1, 0.15) is 36.5 Å². The molecule has 0 spiro atoms. The lowest BCUT2D eigenvalue weighted by Crippen LogP contribution is -2.58. The van der Waals surface area contributed by atoms with Crippen LogP contribution in [-0.2, 0) is 27.2 Å². The maximum absolute atomic E-state index is 13.6. The van der Waals surface area contributed by atoms with E-state index in [0.29, 0.717) is 16.8 Å². The standard InChI is InChI=1S/C26H24N2O7/c1-2-11-5-6-28-16(7-11)14-3-4-17(29)20-15(14)9-12-8-13-10-18(30)21(25(27)34)24(33)26(13,35)23(32)19(12)22(20)31/h3-7,12-13,29,31,33,35H,2,8-10H2,1H3,(H2,27,34). The van der Waals surface area contributed by atoms with Gasteiger partial charge in [-0.2, -0.15) is 0 Å². The number of amides is 1. The topological polar surface area (TPSA) is 171 Å². The molecular weight excluding hydrogens is 452 g/mol. The Labute approximate surface area is 200 Å². The lowest BCUT2D eigenvalue weighted by atomic mass is 9.59. The van der Waals surface area contributed by atoms with Gasteiger partial charge in [-0.25, -0.2) is 0 Å². The highest BCUT2D eigenvalue weighted by Gasteiger charge is 2.60. The van der Waals surface area contributed by atoms with Gasteiger partial charge in [-0.3, -0.25) is 19.4 Å². The molecule has 2 aromatic rings. The number of ketones is 2. The first-order valence-electron chi connectivity index (χ1n) is 11.4. The van der Waals surface area contributed by atoms with Crippen LogP contribution in [0.2, 0.25) is 0 Å². The van der Waals surface area contributed by atoms with Crippen molar-refractivity contribution in [3.8, 4) is 17.0 Å². The van der Waals surface area contributed by atoms with Gasteiger partial charge in [0.25, 0.3) is 5.91 Å². The highest BCUT2D eigenvalue weighted by Crippen LogP contribution is 2.52. The van der Waals surface area contributed by atoms with E-state index in [1.165, 1.54) is 6.07 Å². The van der Waals surface area contributed by atoms with E-state index in [4.69, 9.17) is 5.73 Å². The summed E-state index contributed by atoms with van der Waals surface area (Å²) >= 11 is 0. The van der Waals surface area contributed by atoms with Crippen LogP contribution in [0.15, 0.2) is 47.4 Å². The number of pyridine rings is 1. The number of hydrogen-bond donors (Lipinski definition) is 5. The molecule has 5 rings (SSSR count). The Morgan fingerprint density at radius 2 is 1.91 bits per heavy atom. The van der Waals surface area contributed by atoms with Crippen molar-refractivity contribution in [1.29, 1.82) is 0 Å². The molecule has 0 bridgehead atoms. The predicted molar refractivity (Wildman–Crippen MR) is 124 cm³/mol. The van der Waals surface area contributed by atoms with Gasteiger partial charge in [0.1, 0.15) is 22.8 Å². The van der Waals surface area contributed by atoms with Gasteiger partial charge in [-0.05, 0) is 60.6 Å². The predicted octanol–water partition coefficient (Wildman–Crippen LogP) is 2.05. The number of aromatic hydroxyl groups is 1. The third-order valence-corrected chi connectivity index (χ3v) is 7.46. The van der Waals surface area contributed by atoms with Crippen molar-refractivity contribution in [3.63, 3.8) is 0 Å². The van der Waals surface area contributed by atoms with E-state index >= 15 is 0 Å². The maximum Gasteiger partial charge on any atom is 0.255 e. The van der Waals surface area contributed by atoms with Gasteiger partial charge in [0, 0.05) is 29.7 Å². The molecular formula is C26H24N2O7. The van der Waals surface area contributed by atoms with Crippen molar-refractivity contribution < 1.29 is 34.8 Å². The van der Waals surface area contributed by atoms with Crippen molar-refractivity contribution in [3.05, 3.63) is 64.1 Å². The monoisotopic (exact) mass is 476 g/mol. The lowest BCUT2D eigenvalue weighted by Gasteiger charge is -2.46. The summed E-state index contributed by atoms with van der Waals surface area (Å²) in [5.74, 6) is -6.45. The second-order valence-corrected chi connectivity index (χ2v) is 9.30. The first kappa shape index (κ1) is 22.8. The van der Waals surface area contributed by atoms with E-state index in [1.807, 2.05) is 19.1 Å². The minimum Gasteiger partial charge on any atom is -0.508 e. The molecule has 3 atom stereocenters. The van der Waals surface area contributed by atoms with Crippen LogP contribution in [0, 0.1) is 11.8 Å². The number of aryl methyl sites for hydroxylation is 1. The summed E-state index contributed by atoms with van der Waals surface area (Å²) in [6.45, 7) is 2.01. The number of Topliss-reactive ketones (excluding diaryl/α,β-unsaturated/α-hetero) is 2. The molecule has 180 valence electrons. The number of nitrogens with zero attached hydrogens (tertiary/aromatic N) is 1. The molecule has 1 aromatic carbocycles. The van der Waals surface area contributed by atoms with Gasteiger partial charge in [-0.15, -0.1) is 0 Å². The van der Waals surface area contributed by atoms with E-state index in [0.717, 1.165) is 12.0 Å². The fourth-order valence-corrected chi connectivity index (χ4v) is 5.70. The van der Waals surface area contributed by atoms with E-state index in [9.17, 15) is 34.8 Å². The van der Waals surface area contributed by atoms with Gasteiger partial charge in [0.2, 0.25) is 5.78 Å². The van der Waals surface area contributed by atoms with Gasteiger partial charge in [0.05, 0.1) is 11.3 Å². The Hall–Kier alpha value is -3.98. The first-order chi connectivity index (χ1) is 16.6. The molecule has 0 radical (unpaired) electrons. The van der Waals surface area contributed by atoms with Gasteiger partial charge in [-0.1, -0.05) is 6.92 Å². The molecule has 35 heavy (non-hydrogen) atoms. The number of benzene rings is 1. The fourth-order valence-electron chi connectivity index (χ4n) is 5.70. The van der Waals surface area contributed by atoms with Gasteiger partial charge in [0.15, 0.2) is 11.4 Å². The number of aromatic nitrogens is 1. The van der Waals surface area contributed by atoms with Gasteiger partial charge < -0.3 is 26.2 Å². The average Bonchev–Trinajstić information content (AvgIpc) is 2.81. The second kappa shape index (κ2) is 7.78. The molecule has 6 N–H and O–H groups in total. The Morgan fingerprint density at radius 1 is 1.17 bits per heavy atom. The zero-order chi connectivity index (χ0) is 25.2. The third kappa shape index (κ3) is 3.11. The number of phenols is 1. The molecule has 1 fully saturated rings. The molecule has 1 aromatic heterocycles. The quantitative estimate of drug-likeness (QED) is 0.419. The largest absolute Gasteiger partial charge is 0.508 e. The van der Waals surface area contributed by atoms with E-state index in [-0.39, 0.29) is 36.1 Å². The number of primary amides is 1. The molecule has 0 saturated heterocycles. The molecule has 0 aliphatic heterocycles. The lowest BCUT2D eigenvalue weighted by molar-refractivity contribution is -0.147. The summed E-state index contributed by atoms with van der Waals surface area (Å²) in [6, 6.07) is 6.92. The smallest absolute Gasteiger partial charge is 0.255 e. The third-order valence-electron chi connectivity index (χ3n) is 7.46. The molecule has 9 heteroatoms. The number of rotatable bonds is 3. The SMILES string of the molecule is CCc1ccnc(-c2ccc(O)c3c2CC2CC4CC(=O)C(C(N)=O)=C(O)C4(O)C(=O)C2=C3O)c1. The van der Waals surface area contributed by atoms with Crippen molar-refractivity contribution in [2.24, 2.45) is 17.6 Å². The van der Waals surface area contributed by atoms with Gasteiger partial charge >= 0.3 is 0 Å². The van der Waals surface area contributed by atoms with E-state index in [1.54, 1.807) is 12.3 Å². The minimum absolute atomic E-state index is 0.0540. The molecule has 3 aliphatic carbocycles. The molecule has 1 amide bonds. The van der Waals surface area contributed by atoms with Crippen molar-refractivity contribution in [2.75, 3.05) is 0 Å². The number of carbonyl (C=O) groups excluding carboxylic acids is 3. The Kier molecular flexibility index (Phi) is 5.06. The van der Waals surface area contributed by atoms with Crippen LogP contribution in [0.25, 0.3) is 17.0 Å². The summed E-state index contributed by atoms with van der Waals surface area (Å²) in [7, 11) is 0. The number of aliphatic hydroxyl groups is 3. The number of carbonyl (C=O) groups is 3. The second-order valence-electron chi connectivity index (χ2n) is 9.30.